The van der Waals surface area contributed by atoms with Crippen LogP contribution < -0.4 is 5.56 Å². The molecule has 5 nitrogen and oxygen atoms in total. The van der Waals surface area contributed by atoms with E-state index in [-0.39, 0.29) is 22.3 Å². The SMILES string of the molecule is C=CCn1c(SCC(=O)N2C[C@@]3(C)C[C@@H]2CC(C)(C)C3)nc2scc(-c3ccccc3)c2c1=O. The molecule has 2 atom stereocenters. The highest BCUT2D eigenvalue weighted by Crippen LogP contribution is 2.52. The number of carbonyl (C=O) groups is 1. The minimum absolute atomic E-state index is 0.0776. The van der Waals surface area contributed by atoms with E-state index < -0.39 is 0 Å². The lowest BCUT2D eigenvalue weighted by atomic mass is 9.65. The molecule has 1 aliphatic carbocycles. The average Bonchev–Trinajstić information content (AvgIpc) is 3.32. The van der Waals surface area contributed by atoms with E-state index in [1.54, 1.807) is 10.6 Å². The van der Waals surface area contributed by atoms with E-state index in [2.05, 4.69) is 32.3 Å². The Morgan fingerprint density at radius 3 is 2.76 bits per heavy atom. The van der Waals surface area contributed by atoms with E-state index in [9.17, 15) is 9.59 Å². The first-order valence-corrected chi connectivity index (χ1v) is 13.7. The predicted molar refractivity (Wildman–Crippen MR) is 141 cm³/mol. The minimum Gasteiger partial charge on any atom is -0.338 e. The van der Waals surface area contributed by atoms with Gasteiger partial charge in [-0.05, 0) is 35.7 Å². The number of hydrogen-bond donors (Lipinski definition) is 0. The Morgan fingerprint density at radius 2 is 2.03 bits per heavy atom. The van der Waals surface area contributed by atoms with Crippen LogP contribution in [0.1, 0.15) is 40.0 Å². The van der Waals surface area contributed by atoms with Gasteiger partial charge in [-0.2, -0.15) is 0 Å². The molecule has 1 saturated carbocycles. The average molecular weight is 494 g/mol. The molecule has 1 amide bonds. The molecular weight excluding hydrogens is 462 g/mol. The van der Waals surface area contributed by atoms with Crippen molar-refractivity contribution in [3.8, 4) is 11.1 Å². The van der Waals surface area contributed by atoms with E-state index in [0.717, 1.165) is 36.9 Å². The Morgan fingerprint density at radius 1 is 1.26 bits per heavy atom. The van der Waals surface area contributed by atoms with Crippen molar-refractivity contribution in [2.45, 2.75) is 57.8 Å². The van der Waals surface area contributed by atoms with Crippen LogP contribution in [0.3, 0.4) is 0 Å². The summed E-state index contributed by atoms with van der Waals surface area (Å²) < 4.78 is 1.65. The van der Waals surface area contributed by atoms with Gasteiger partial charge in [0.2, 0.25) is 5.91 Å². The van der Waals surface area contributed by atoms with Crippen LogP contribution in [0.25, 0.3) is 21.3 Å². The van der Waals surface area contributed by atoms with Crippen LogP contribution >= 0.6 is 23.1 Å². The lowest BCUT2D eigenvalue weighted by molar-refractivity contribution is -0.129. The number of thiophene rings is 1. The van der Waals surface area contributed by atoms with Crippen molar-refractivity contribution < 1.29 is 4.79 Å². The molecule has 0 N–H and O–H groups in total. The molecule has 2 aromatic heterocycles. The smallest absolute Gasteiger partial charge is 0.263 e. The van der Waals surface area contributed by atoms with Gasteiger partial charge < -0.3 is 4.90 Å². The number of allylic oxidation sites excluding steroid dienone is 1. The van der Waals surface area contributed by atoms with Crippen molar-refractivity contribution in [3.63, 3.8) is 0 Å². The van der Waals surface area contributed by atoms with Gasteiger partial charge in [-0.25, -0.2) is 4.98 Å². The molecule has 1 saturated heterocycles. The van der Waals surface area contributed by atoms with Gasteiger partial charge in [0.1, 0.15) is 4.83 Å². The molecule has 7 heteroatoms. The number of hydrogen-bond acceptors (Lipinski definition) is 5. The van der Waals surface area contributed by atoms with Crippen LogP contribution in [0, 0.1) is 10.8 Å². The first-order chi connectivity index (χ1) is 16.2. The summed E-state index contributed by atoms with van der Waals surface area (Å²) in [5, 5.41) is 3.22. The van der Waals surface area contributed by atoms with Crippen LogP contribution in [0.2, 0.25) is 0 Å². The number of thioether (sulfide) groups is 1. The number of fused-ring (bicyclic) bond motifs is 3. The fraction of sp³-hybridized carbons (Fsp3) is 0.444. The van der Waals surface area contributed by atoms with Crippen molar-refractivity contribution in [2.75, 3.05) is 12.3 Å². The van der Waals surface area contributed by atoms with Crippen LogP contribution in [0.4, 0.5) is 0 Å². The zero-order valence-electron chi connectivity index (χ0n) is 20.0. The van der Waals surface area contributed by atoms with E-state index >= 15 is 0 Å². The van der Waals surface area contributed by atoms with Crippen molar-refractivity contribution in [1.29, 1.82) is 0 Å². The highest BCUT2D eigenvalue weighted by atomic mass is 32.2. The topological polar surface area (TPSA) is 55.2 Å². The Bertz CT molecular complexity index is 1310. The Kier molecular flexibility index (Phi) is 5.97. The number of benzene rings is 1. The molecule has 0 radical (unpaired) electrons. The maximum atomic E-state index is 13.5. The van der Waals surface area contributed by atoms with E-state index in [4.69, 9.17) is 4.98 Å². The summed E-state index contributed by atoms with van der Waals surface area (Å²) in [6.07, 6.45) is 5.02. The van der Waals surface area contributed by atoms with Crippen molar-refractivity contribution in [1.82, 2.24) is 14.5 Å². The van der Waals surface area contributed by atoms with Crippen molar-refractivity contribution in [3.05, 3.63) is 58.7 Å². The monoisotopic (exact) mass is 493 g/mol. The first-order valence-electron chi connectivity index (χ1n) is 11.8. The van der Waals surface area contributed by atoms with Crippen LogP contribution in [-0.2, 0) is 11.3 Å². The van der Waals surface area contributed by atoms with Gasteiger partial charge in [-0.3, -0.25) is 14.2 Å². The third-order valence-electron chi connectivity index (χ3n) is 7.12. The number of nitrogens with zero attached hydrogens (tertiary/aromatic N) is 3. The minimum atomic E-state index is -0.0776. The molecule has 2 aliphatic rings. The summed E-state index contributed by atoms with van der Waals surface area (Å²) in [6.45, 7) is 12.0. The predicted octanol–water partition coefficient (Wildman–Crippen LogP) is 5.83. The van der Waals surface area contributed by atoms with Gasteiger partial charge >= 0.3 is 0 Å². The molecule has 5 rings (SSSR count). The number of likely N-dealkylation sites (tertiary alicyclic amines) is 1. The summed E-state index contributed by atoms with van der Waals surface area (Å²) in [6, 6.07) is 10.2. The lowest BCUT2D eigenvalue weighted by Crippen LogP contribution is -2.38. The maximum Gasteiger partial charge on any atom is 0.263 e. The van der Waals surface area contributed by atoms with Gasteiger partial charge in [0.25, 0.3) is 5.56 Å². The Labute approximate surface area is 208 Å². The van der Waals surface area contributed by atoms with Gasteiger partial charge in [0.15, 0.2) is 5.16 Å². The summed E-state index contributed by atoms with van der Waals surface area (Å²) in [5.41, 5.74) is 2.31. The lowest BCUT2D eigenvalue weighted by Gasteiger charge is -2.39. The third kappa shape index (κ3) is 4.24. The number of aromatic nitrogens is 2. The highest BCUT2D eigenvalue weighted by molar-refractivity contribution is 7.99. The Balaban J connectivity index is 1.42. The third-order valence-corrected chi connectivity index (χ3v) is 8.95. The van der Waals surface area contributed by atoms with E-state index in [1.165, 1.54) is 23.1 Å². The zero-order valence-corrected chi connectivity index (χ0v) is 21.7. The second kappa shape index (κ2) is 8.68. The summed E-state index contributed by atoms with van der Waals surface area (Å²) in [5.74, 6) is 0.436. The van der Waals surface area contributed by atoms with Gasteiger partial charge in [0.05, 0.1) is 11.1 Å². The maximum absolute atomic E-state index is 13.5. The van der Waals surface area contributed by atoms with Crippen LogP contribution in [-0.4, -0.2) is 38.7 Å². The first kappa shape index (κ1) is 23.4. The number of amides is 1. The van der Waals surface area contributed by atoms with Crippen LogP contribution in [0.5, 0.6) is 0 Å². The van der Waals surface area contributed by atoms with Crippen molar-refractivity contribution >= 4 is 39.2 Å². The molecule has 3 aromatic rings. The number of carbonyl (C=O) groups excluding carboxylic acids is 1. The summed E-state index contributed by atoms with van der Waals surface area (Å²) in [4.78, 5) is 34.5. The molecule has 1 aliphatic heterocycles. The molecule has 1 aromatic carbocycles. The Hall–Kier alpha value is -2.38. The normalized spacial score (nSPS) is 23.4. The fourth-order valence-electron chi connectivity index (χ4n) is 6.20. The quantitative estimate of drug-likeness (QED) is 0.246. The molecular formula is C27H31N3O2S2. The van der Waals surface area contributed by atoms with Gasteiger partial charge in [-0.1, -0.05) is 68.9 Å². The molecule has 34 heavy (non-hydrogen) atoms. The second-order valence-corrected chi connectivity index (χ2v) is 12.6. The van der Waals surface area contributed by atoms with Gasteiger partial charge in [-0.15, -0.1) is 17.9 Å². The highest BCUT2D eigenvalue weighted by Gasteiger charge is 2.50. The van der Waals surface area contributed by atoms with Gasteiger partial charge in [0, 0.05) is 30.1 Å². The fourth-order valence-corrected chi connectivity index (χ4v) is 8.08. The zero-order chi connectivity index (χ0) is 24.1. The number of rotatable bonds is 6. The molecule has 178 valence electrons. The molecule has 2 bridgehead atoms. The molecule has 0 spiro atoms. The molecule has 0 unspecified atom stereocenters. The van der Waals surface area contributed by atoms with Crippen molar-refractivity contribution in [2.24, 2.45) is 10.8 Å². The summed E-state index contributed by atoms with van der Waals surface area (Å²) in [7, 11) is 0. The standard InChI is InChI=1S/C27H31N3O2S2/c1-5-11-29-24(32)22-20(18-9-7-6-8-10-18)14-33-23(22)28-25(29)34-15-21(31)30-17-27(4)13-19(30)12-26(2,3)16-27/h5-10,14,19H,1,11-13,15-17H2,2-4H3/t19-,27-/m0/s1. The van der Waals surface area contributed by atoms with Crippen LogP contribution in [0.15, 0.2) is 58.3 Å². The largest absolute Gasteiger partial charge is 0.338 e. The van der Waals surface area contributed by atoms with E-state index in [0.29, 0.717) is 33.7 Å². The molecule has 2 fully saturated rings. The summed E-state index contributed by atoms with van der Waals surface area (Å²) >= 11 is 2.84. The molecule has 3 heterocycles. The van der Waals surface area contributed by atoms with E-state index in [1.807, 2.05) is 35.7 Å². The second-order valence-electron chi connectivity index (χ2n) is 10.8.